The van der Waals surface area contributed by atoms with Crippen molar-refractivity contribution in [3.63, 3.8) is 0 Å². The number of nitrogens with one attached hydrogen (secondary N) is 2. The van der Waals surface area contributed by atoms with Crippen molar-refractivity contribution in [1.82, 2.24) is 10.6 Å². The van der Waals surface area contributed by atoms with Gasteiger partial charge in [-0.2, -0.15) is 0 Å². The number of ether oxygens (including phenoxy) is 1. The van der Waals surface area contributed by atoms with Crippen molar-refractivity contribution in [3.8, 4) is 5.75 Å². The summed E-state index contributed by atoms with van der Waals surface area (Å²) in [6.45, 7) is 0.369. The largest absolute Gasteiger partial charge is 0.489 e. The zero-order valence-corrected chi connectivity index (χ0v) is 11.2. The van der Waals surface area contributed by atoms with Gasteiger partial charge < -0.3 is 20.5 Å². The molecule has 1 heterocycles. The molecule has 0 unspecified atom stereocenters. The number of halogens is 1. The molecular formula is C14H15FN2O4. The monoisotopic (exact) mass is 294 g/mol. The highest BCUT2D eigenvalue weighted by atomic mass is 19.1. The standard InChI is InChI=1S/C14H15FN2O4/c15-6-9(7-17-14(19)20)8-21-11-1-2-12-10(5-11)3-4-16-13(12)18/h1-2,5-6,17H,3-4,7-8H2,(H,16,18)(H,19,20)/b9-6-. The molecule has 0 saturated heterocycles. The molecule has 0 radical (unpaired) electrons. The van der Waals surface area contributed by atoms with Crippen molar-refractivity contribution in [1.29, 1.82) is 0 Å². The van der Waals surface area contributed by atoms with E-state index in [1.807, 2.05) is 0 Å². The second kappa shape index (κ2) is 6.74. The Morgan fingerprint density at radius 3 is 3.05 bits per heavy atom. The van der Waals surface area contributed by atoms with Crippen LogP contribution < -0.4 is 15.4 Å². The van der Waals surface area contributed by atoms with E-state index in [-0.39, 0.29) is 24.6 Å². The summed E-state index contributed by atoms with van der Waals surface area (Å²) in [6.07, 6.45) is -0.193. The molecule has 0 bridgehead atoms. The highest BCUT2D eigenvalue weighted by Crippen LogP contribution is 2.21. The van der Waals surface area contributed by atoms with E-state index in [4.69, 9.17) is 9.84 Å². The van der Waals surface area contributed by atoms with Crippen LogP contribution >= 0.6 is 0 Å². The molecule has 1 aliphatic rings. The lowest BCUT2D eigenvalue weighted by atomic mass is 10.0. The molecule has 3 N–H and O–H groups in total. The Kier molecular flexibility index (Phi) is 4.76. The normalized spacial score (nSPS) is 14.1. The van der Waals surface area contributed by atoms with Gasteiger partial charge in [0.2, 0.25) is 0 Å². The lowest BCUT2D eigenvalue weighted by Gasteiger charge is -2.17. The maximum atomic E-state index is 12.6. The van der Waals surface area contributed by atoms with E-state index >= 15 is 0 Å². The van der Waals surface area contributed by atoms with Gasteiger partial charge in [-0.05, 0) is 30.2 Å². The third-order valence-corrected chi connectivity index (χ3v) is 3.05. The molecule has 1 aromatic carbocycles. The van der Waals surface area contributed by atoms with Crippen LogP contribution in [0.5, 0.6) is 5.75 Å². The molecule has 1 aromatic rings. The van der Waals surface area contributed by atoms with Crippen molar-refractivity contribution in [3.05, 3.63) is 41.2 Å². The molecule has 112 valence electrons. The van der Waals surface area contributed by atoms with Crippen molar-refractivity contribution >= 4 is 12.0 Å². The smallest absolute Gasteiger partial charge is 0.404 e. The fraction of sp³-hybridized carbons (Fsp3) is 0.286. The third kappa shape index (κ3) is 3.95. The van der Waals surface area contributed by atoms with E-state index in [2.05, 4.69) is 10.6 Å². The molecule has 6 nitrogen and oxygen atoms in total. The first-order valence-corrected chi connectivity index (χ1v) is 6.39. The van der Waals surface area contributed by atoms with Crippen LogP contribution in [-0.2, 0) is 6.42 Å². The Morgan fingerprint density at radius 2 is 2.33 bits per heavy atom. The molecule has 21 heavy (non-hydrogen) atoms. The van der Waals surface area contributed by atoms with E-state index in [1.54, 1.807) is 18.2 Å². The maximum Gasteiger partial charge on any atom is 0.404 e. The zero-order chi connectivity index (χ0) is 15.2. The molecule has 0 fully saturated rings. The first-order valence-electron chi connectivity index (χ1n) is 6.39. The Hall–Kier alpha value is -2.57. The van der Waals surface area contributed by atoms with Crippen LogP contribution in [0.4, 0.5) is 9.18 Å². The SMILES string of the molecule is O=C(O)NC/C(=C/F)COc1ccc2c(c1)CCNC2=O. The van der Waals surface area contributed by atoms with Gasteiger partial charge in [-0.3, -0.25) is 4.79 Å². The summed E-state index contributed by atoms with van der Waals surface area (Å²) in [6, 6.07) is 5.03. The molecule has 0 spiro atoms. The summed E-state index contributed by atoms with van der Waals surface area (Å²) in [5.41, 5.74) is 1.67. The van der Waals surface area contributed by atoms with E-state index in [1.165, 1.54) is 0 Å². The van der Waals surface area contributed by atoms with E-state index in [0.29, 0.717) is 30.6 Å². The third-order valence-electron chi connectivity index (χ3n) is 3.05. The number of hydrogen-bond acceptors (Lipinski definition) is 3. The van der Waals surface area contributed by atoms with Crippen molar-refractivity contribution in [2.75, 3.05) is 19.7 Å². The molecule has 7 heteroatoms. The number of carbonyl (C=O) groups excluding carboxylic acids is 1. The van der Waals surface area contributed by atoms with Gasteiger partial charge in [-0.25, -0.2) is 9.18 Å². The average molecular weight is 294 g/mol. The quantitative estimate of drug-likeness (QED) is 0.767. The van der Waals surface area contributed by atoms with Crippen LogP contribution in [-0.4, -0.2) is 36.8 Å². The minimum absolute atomic E-state index is 0.0677. The van der Waals surface area contributed by atoms with Gasteiger partial charge in [0, 0.05) is 24.2 Å². The van der Waals surface area contributed by atoms with E-state index in [9.17, 15) is 14.0 Å². The highest BCUT2D eigenvalue weighted by Gasteiger charge is 2.16. The van der Waals surface area contributed by atoms with Gasteiger partial charge in [0.25, 0.3) is 5.91 Å². The average Bonchev–Trinajstić information content (AvgIpc) is 2.47. The first kappa shape index (κ1) is 14.8. The Bertz CT molecular complexity index is 586. The number of benzene rings is 1. The minimum Gasteiger partial charge on any atom is -0.489 e. The number of fused-ring (bicyclic) bond motifs is 1. The number of carbonyl (C=O) groups is 2. The van der Waals surface area contributed by atoms with Gasteiger partial charge in [0.1, 0.15) is 12.4 Å². The topological polar surface area (TPSA) is 87.7 Å². The fourth-order valence-corrected chi connectivity index (χ4v) is 1.98. The van der Waals surface area contributed by atoms with Gasteiger partial charge in [-0.1, -0.05) is 0 Å². The molecule has 2 amide bonds. The Morgan fingerprint density at radius 1 is 1.52 bits per heavy atom. The van der Waals surface area contributed by atoms with E-state index in [0.717, 1.165) is 5.56 Å². The van der Waals surface area contributed by atoms with E-state index < -0.39 is 6.09 Å². The molecular weight excluding hydrogens is 279 g/mol. The van der Waals surface area contributed by atoms with Gasteiger partial charge in [0.15, 0.2) is 0 Å². The second-order valence-corrected chi connectivity index (χ2v) is 4.54. The lowest BCUT2D eigenvalue weighted by molar-refractivity contribution is 0.0946. The highest BCUT2D eigenvalue weighted by molar-refractivity contribution is 5.96. The molecule has 0 aromatic heterocycles. The minimum atomic E-state index is -1.23. The van der Waals surface area contributed by atoms with Crippen LogP contribution in [0, 0.1) is 0 Å². The summed E-state index contributed by atoms with van der Waals surface area (Å²) in [5.74, 6) is 0.399. The molecule has 0 saturated carbocycles. The number of amides is 2. The molecule has 2 rings (SSSR count). The number of hydrogen-bond donors (Lipinski definition) is 3. The summed E-state index contributed by atoms with van der Waals surface area (Å²) in [7, 11) is 0. The van der Waals surface area contributed by atoms with Crippen LogP contribution in [0.1, 0.15) is 15.9 Å². The lowest BCUT2D eigenvalue weighted by Crippen LogP contribution is -2.31. The maximum absolute atomic E-state index is 12.6. The van der Waals surface area contributed by atoms with Gasteiger partial charge >= 0.3 is 6.09 Å². The summed E-state index contributed by atoms with van der Waals surface area (Å²) < 4.78 is 18.0. The Labute approximate surface area is 120 Å². The van der Waals surface area contributed by atoms with Gasteiger partial charge in [0.05, 0.1) is 6.33 Å². The molecule has 0 atom stereocenters. The first-order chi connectivity index (χ1) is 10.1. The predicted molar refractivity (Wildman–Crippen MR) is 73.2 cm³/mol. The van der Waals surface area contributed by atoms with Crippen LogP contribution in [0.25, 0.3) is 0 Å². The zero-order valence-electron chi connectivity index (χ0n) is 11.2. The number of rotatable bonds is 5. The van der Waals surface area contributed by atoms with Crippen LogP contribution in [0.2, 0.25) is 0 Å². The van der Waals surface area contributed by atoms with Crippen LogP contribution in [0.3, 0.4) is 0 Å². The summed E-state index contributed by atoms with van der Waals surface area (Å²) in [5, 5.41) is 13.3. The second-order valence-electron chi connectivity index (χ2n) is 4.54. The van der Waals surface area contributed by atoms with Crippen molar-refractivity contribution in [2.24, 2.45) is 0 Å². The van der Waals surface area contributed by atoms with Crippen molar-refractivity contribution < 1.29 is 23.8 Å². The molecule has 0 aliphatic carbocycles. The van der Waals surface area contributed by atoms with Gasteiger partial charge in [-0.15, -0.1) is 0 Å². The predicted octanol–water partition coefficient (Wildman–Crippen LogP) is 1.47. The fourth-order valence-electron chi connectivity index (χ4n) is 1.98. The van der Waals surface area contributed by atoms with Crippen molar-refractivity contribution in [2.45, 2.75) is 6.42 Å². The summed E-state index contributed by atoms with van der Waals surface area (Å²) >= 11 is 0. The number of carboxylic acid groups (broad SMARTS) is 1. The van der Waals surface area contributed by atoms with Crippen LogP contribution in [0.15, 0.2) is 30.1 Å². The Balaban J connectivity index is 1.97. The summed E-state index contributed by atoms with van der Waals surface area (Å²) in [4.78, 5) is 21.9. The molecule has 1 aliphatic heterocycles.